The average molecular weight is 347 g/mol. The Bertz CT molecular complexity index is 708. The summed E-state index contributed by atoms with van der Waals surface area (Å²) in [6.07, 6.45) is -0.973. The Morgan fingerprint density at radius 1 is 1.08 bits per heavy atom. The lowest BCUT2D eigenvalue weighted by Gasteiger charge is -2.16. The van der Waals surface area contributed by atoms with Gasteiger partial charge in [0.05, 0.1) is 0 Å². The van der Waals surface area contributed by atoms with Crippen LogP contribution in [0.4, 0.5) is 10.1 Å². The van der Waals surface area contributed by atoms with Crippen molar-refractivity contribution >= 4 is 29.3 Å². The Kier molecular flexibility index (Phi) is 6.37. The van der Waals surface area contributed by atoms with Crippen LogP contribution in [0, 0.1) is 5.82 Å². The van der Waals surface area contributed by atoms with Crippen LogP contribution in [0.15, 0.2) is 59.5 Å². The van der Waals surface area contributed by atoms with Gasteiger partial charge in [-0.15, -0.1) is 11.8 Å². The highest BCUT2D eigenvalue weighted by Gasteiger charge is 2.22. The normalized spacial score (nSPS) is 13.0. The molecule has 0 aliphatic carbocycles. The molecule has 2 aromatic rings. The molecule has 0 fully saturated rings. The van der Waals surface area contributed by atoms with Gasteiger partial charge in [0, 0.05) is 10.6 Å². The predicted octanol–water partition coefficient (Wildman–Crippen LogP) is 3.88. The molecule has 0 saturated heterocycles. The molecular formula is C18H18FNO3S. The van der Waals surface area contributed by atoms with E-state index in [9.17, 15) is 14.0 Å². The fourth-order valence-corrected chi connectivity index (χ4v) is 2.76. The fourth-order valence-electron chi connectivity index (χ4n) is 1.88. The van der Waals surface area contributed by atoms with Gasteiger partial charge in [-0.3, -0.25) is 9.59 Å². The van der Waals surface area contributed by atoms with Gasteiger partial charge >= 0.3 is 5.97 Å². The molecule has 0 spiro atoms. The maximum Gasteiger partial charge on any atom is 0.319 e. The summed E-state index contributed by atoms with van der Waals surface area (Å²) < 4.78 is 18.3. The molecule has 0 aromatic heterocycles. The monoisotopic (exact) mass is 347 g/mol. The van der Waals surface area contributed by atoms with Crippen LogP contribution >= 0.6 is 11.8 Å². The molecule has 0 bridgehead atoms. The van der Waals surface area contributed by atoms with Crippen LogP contribution < -0.4 is 5.32 Å². The minimum Gasteiger partial charge on any atom is -0.452 e. The summed E-state index contributed by atoms with van der Waals surface area (Å²) in [5.41, 5.74) is 0.314. The van der Waals surface area contributed by atoms with Gasteiger partial charge < -0.3 is 10.1 Å². The van der Waals surface area contributed by atoms with E-state index in [0.29, 0.717) is 5.69 Å². The topological polar surface area (TPSA) is 55.4 Å². The zero-order valence-electron chi connectivity index (χ0n) is 13.4. The number of carbonyl (C=O) groups is 2. The van der Waals surface area contributed by atoms with E-state index in [0.717, 1.165) is 4.90 Å². The van der Waals surface area contributed by atoms with Gasteiger partial charge in [-0.2, -0.15) is 0 Å². The minimum atomic E-state index is -0.973. The van der Waals surface area contributed by atoms with Crippen LogP contribution in [-0.4, -0.2) is 23.2 Å². The van der Waals surface area contributed by atoms with E-state index in [1.165, 1.54) is 36.9 Å². The SMILES string of the molecule is C[C@H](OC(=O)[C@@H](C)Sc1ccccc1)C(=O)Nc1cccc(F)c1. The molecule has 1 N–H and O–H groups in total. The molecule has 2 rings (SSSR count). The largest absolute Gasteiger partial charge is 0.452 e. The van der Waals surface area contributed by atoms with E-state index < -0.39 is 29.0 Å². The maximum absolute atomic E-state index is 13.1. The Labute approximate surface area is 144 Å². The highest BCUT2D eigenvalue weighted by atomic mass is 32.2. The number of anilines is 1. The second kappa shape index (κ2) is 8.49. The molecule has 0 heterocycles. The smallest absolute Gasteiger partial charge is 0.319 e. The average Bonchev–Trinajstić information content (AvgIpc) is 2.55. The molecule has 2 atom stereocenters. The molecule has 24 heavy (non-hydrogen) atoms. The first-order chi connectivity index (χ1) is 11.5. The van der Waals surface area contributed by atoms with Crippen molar-refractivity contribution in [2.75, 3.05) is 5.32 Å². The van der Waals surface area contributed by atoms with E-state index in [1.54, 1.807) is 13.0 Å². The molecule has 0 unspecified atom stereocenters. The molecule has 0 saturated carbocycles. The summed E-state index contributed by atoms with van der Waals surface area (Å²) in [5, 5.41) is 2.07. The Morgan fingerprint density at radius 2 is 1.79 bits per heavy atom. The lowest BCUT2D eigenvalue weighted by Crippen LogP contribution is -2.32. The van der Waals surface area contributed by atoms with E-state index in [4.69, 9.17) is 4.74 Å². The standard InChI is InChI=1S/C18H18FNO3S/c1-12(17(21)20-15-8-6-7-14(19)11-15)23-18(22)13(2)24-16-9-4-3-5-10-16/h3-13H,1-2H3,(H,20,21)/t12-,13+/m0/s1. The van der Waals surface area contributed by atoms with Crippen molar-refractivity contribution in [3.8, 4) is 0 Å². The number of rotatable bonds is 6. The molecule has 126 valence electrons. The number of hydrogen-bond donors (Lipinski definition) is 1. The van der Waals surface area contributed by atoms with Crippen molar-refractivity contribution in [3.05, 3.63) is 60.4 Å². The van der Waals surface area contributed by atoms with Gasteiger partial charge in [-0.1, -0.05) is 24.3 Å². The summed E-state index contributed by atoms with van der Waals surface area (Å²) >= 11 is 1.36. The quantitative estimate of drug-likeness (QED) is 0.636. The lowest BCUT2D eigenvalue weighted by molar-refractivity contribution is -0.152. The summed E-state index contributed by atoms with van der Waals surface area (Å²) in [5.74, 6) is -1.44. The van der Waals surface area contributed by atoms with E-state index in [-0.39, 0.29) is 0 Å². The highest BCUT2D eigenvalue weighted by Crippen LogP contribution is 2.23. The fraction of sp³-hybridized carbons (Fsp3) is 0.222. The highest BCUT2D eigenvalue weighted by molar-refractivity contribution is 8.00. The molecule has 4 nitrogen and oxygen atoms in total. The second-order valence-corrected chi connectivity index (χ2v) is 6.57. The molecule has 2 aromatic carbocycles. The summed E-state index contributed by atoms with van der Waals surface area (Å²) in [7, 11) is 0. The van der Waals surface area contributed by atoms with Gasteiger partial charge in [-0.25, -0.2) is 4.39 Å². The van der Waals surface area contributed by atoms with Crippen molar-refractivity contribution in [1.82, 2.24) is 0 Å². The molecular weight excluding hydrogens is 329 g/mol. The number of benzene rings is 2. The van der Waals surface area contributed by atoms with E-state index in [1.807, 2.05) is 30.3 Å². The van der Waals surface area contributed by atoms with Gasteiger partial charge in [0.25, 0.3) is 5.91 Å². The second-order valence-electron chi connectivity index (χ2n) is 5.15. The van der Waals surface area contributed by atoms with Crippen molar-refractivity contribution < 1.29 is 18.7 Å². The van der Waals surface area contributed by atoms with Crippen LogP contribution in [-0.2, 0) is 14.3 Å². The van der Waals surface area contributed by atoms with Crippen molar-refractivity contribution in [2.24, 2.45) is 0 Å². The molecule has 1 amide bonds. The van der Waals surface area contributed by atoms with Crippen molar-refractivity contribution in [3.63, 3.8) is 0 Å². The summed E-state index contributed by atoms with van der Waals surface area (Å²) in [6, 6.07) is 15.0. The number of hydrogen-bond acceptors (Lipinski definition) is 4. The first kappa shape index (κ1) is 18.0. The Morgan fingerprint density at radius 3 is 2.46 bits per heavy atom. The van der Waals surface area contributed by atoms with Crippen molar-refractivity contribution in [1.29, 1.82) is 0 Å². The Balaban J connectivity index is 1.87. The summed E-state index contributed by atoms with van der Waals surface area (Å²) in [6.45, 7) is 3.20. The molecule has 6 heteroatoms. The number of carbonyl (C=O) groups excluding carboxylic acids is 2. The first-order valence-electron chi connectivity index (χ1n) is 7.44. The summed E-state index contributed by atoms with van der Waals surface area (Å²) in [4.78, 5) is 25.1. The zero-order valence-corrected chi connectivity index (χ0v) is 14.2. The predicted molar refractivity (Wildman–Crippen MR) is 92.3 cm³/mol. The third kappa shape index (κ3) is 5.38. The first-order valence-corrected chi connectivity index (χ1v) is 8.32. The van der Waals surface area contributed by atoms with Gasteiger partial charge in [0.1, 0.15) is 11.1 Å². The van der Waals surface area contributed by atoms with Crippen LogP contribution in [0.1, 0.15) is 13.8 Å². The number of thioether (sulfide) groups is 1. The molecule has 0 aliphatic heterocycles. The lowest BCUT2D eigenvalue weighted by atomic mass is 10.3. The number of nitrogens with one attached hydrogen (secondary N) is 1. The van der Waals surface area contributed by atoms with Gasteiger partial charge in [0.2, 0.25) is 0 Å². The van der Waals surface area contributed by atoms with E-state index >= 15 is 0 Å². The number of amides is 1. The maximum atomic E-state index is 13.1. The molecule has 0 radical (unpaired) electrons. The third-order valence-electron chi connectivity index (χ3n) is 3.14. The van der Waals surface area contributed by atoms with Crippen LogP contribution in [0.3, 0.4) is 0 Å². The van der Waals surface area contributed by atoms with Crippen LogP contribution in [0.25, 0.3) is 0 Å². The van der Waals surface area contributed by atoms with Gasteiger partial charge in [-0.05, 0) is 44.2 Å². The number of esters is 1. The van der Waals surface area contributed by atoms with Crippen LogP contribution in [0.2, 0.25) is 0 Å². The zero-order chi connectivity index (χ0) is 17.5. The third-order valence-corrected chi connectivity index (χ3v) is 4.23. The number of halogens is 1. The molecule has 0 aliphatic rings. The minimum absolute atomic E-state index is 0.314. The number of ether oxygens (including phenoxy) is 1. The van der Waals surface area contributed by atoms with Crippen molar-refractivity contribution in [2.45, 2.75) is 30.1 Å². The van der Waals surface area contributed by atoms with Crippen LogP contribution in [0.5, 0.6) is 0 Å². The van der Waals surface area contributed by atoms with E-state index in [2.05, 4.69) is 5.32 Å². The Hall–Kier alpha value is -2.34. The van der Waals surface area contributed by atoms with Gasteiger partial charge in [0.15, 0.2) is 6.10 Å².